The summed E-state index contributed by atoms with van der Waals surface area (Å²) in [6, 6.07) is 5.82. The molecule has 0 N–H and O–H groups in total. The van der Waals surface area contributed by atoms with Crippen LogP contribution >= 0.6 is 11.3 Å². The Balaban J connectivity index is 1.32. The molecular weight excluding hydrogens is 632 g/mol. The third-order valence-electron chi connectivity index (χ3n) is 8.86. The second-order valence-corrected chi connectivity index (χ2v) is 14.6. The Bertz CT molecular complexity index is 1920. The first-order chi connectivity index (χ1) is 21.3. The summed E-state index contributed by atoms with van der Waals surface area (Å²) in [6.07, 6.45) is 2.10. The molecule has 0 bridgehead atoms. The van der Waals surface area contributed by atoms with Crippen molar-refractivity contribution < 1.29 is 30.8 Å². The van der Waals surface area contributed by atoms with Gasteiger partial charge < -0.3 is 0 Å². The molecule has 3 aliphatic carbocycles. The summed E-state index contributed by atoms with van der Waals surface area (Å²) in [7, 11) is -3.19. The average Bonchev–Trinajstić information content (AvgIpc) is 3.35. The first kappa shape index (κ1) is 30.0. The normalized spacial score (nSPS) is 21.8. The van der Waals surface area contributed by atoms with E-state index in [1.54, 1.807) is 23.0 Å². The predicted octanol–water partition coefficient (Wildman–Crippen LogP) is 5.69. The fourth-order valence-corrected chi connectivity index (χ4v) is 9.05. The molecule has 9 nitrogen and oxygen atoms in total. The van der Waals surface area contributed by atoms with Gasteiger partial charge in [0.2, 0.25) is 5.78 Å². The van der Waals surface area contributed by atoms with Gasteiger partial charge in [0.05, 0.1) is 28.7 Å². The molecule has 45 heavy (non-hydrogen) atoms. The van der Waals surface area contributed by atoms with Gasteiger partial charge in [-0.3, -0.25) is 9.48 Å². The lowest BCUT2D eigenvalue weighted by Gasteiger charge is -2.46. The lowest BCUT2D eigenvalue weighted by molar-refractivity contribution is -0.140. The number of aromatic nitrogens is 5. The Labute approximate surface area is 260 Å². The molecule has 0 unspecified atom stereocenters. The second kappa shape index (κ2) is 10.7. The average molecular weight is 661 g/mol. The number of Topliss-reactive ketones (excluding diaryl/α,β-unsaturated/α-hetero) is 1. The van der Waals surface area contributed by atoms with E-state index in [1.807, 2.05) is 11.5 Å². The lowest BCUT2D eigenvalue weighted by atomic mass is 9.61. The predicted molar refractivity (Wildman–Crippen MR) is 157 cm³/mol. The highest BCUT2D eigenvalue weighted by molar-refractivity contribution is 7.89. The van der Waals surface area contributed by atoms with Crippen molar-refractivity contribution in [2.45, 2.75) is 61.7 Å². The maximum atomic E-state index is 14.5. The van der Waals surface area contributed by atoms with Gasteiger partial charge in [-0.25, -0.2) is 22.5 Å². The minimum atomic E-state index is -4.83. The number of carbonyl (C=O) groups is 1. The largest absolute Gasteiger partial charge is 0.402 e. The number of fused-ring (bicyclic) bond motifs is 2. The molecule has 0 spiro atoms. The van der Waals surface area contributed by atoms with Crippen LogP contribution in [0.2, 0.25) is 0 Å². The van der Waals surface area contributed by atoms with Crippen LogP contribution in [0.25, 0.3) is 11.8 Å². The number of ketones is 1. The van der Waals surface area contributed by atoms with Gasteiger partial charge >= 0.3 is 6.18 Å². The molecule has 0 radical (unpaired) electrons. The third-order valence-corrected chi connectivity index (χ3v) is 11.5. The standard InChI is InChI=1S/C30H28F4N6O3S2/c1-38-11-10-26(37-38)45(42,43)39(17-30(32,33)34)23-7-4-20-12-25-19(15-35-40(25)22-8-5-21(31)6-9-22)13-29(20,14-23)27(41)28-36-24(16-44-28)18-2-3-18/h5-6,8-12,15-16,18,23H,2-4,7,13-14,17H2,1H3/t23-,29-/m0/s1. The Morgan fingerprint density at radius 1 is 1.16 bits per heavy atom. The van der Waals surface area contributed by atoms with Crippen LogP contribution in [0.15, 0.2) is 58.7 Å². The van der Waals surface area contributed by atoms with Crippen molar-refractivity contribution >= 4 is 33.2 Å². The molecule has 2 fully saturated rings. The molecule has 0 amide bonds. The van der Waals surface area contributed by atoms with Gasteiger partial charge in [0, 0.05) is 30.6 Å². The monoisotopic (exact) mass is 660 g/mol. The van der Waals surface area contributed by atoms with Crippen molar-refractivity contribution in [3.63, 3.8) is 0 Å². The second-order valence-electron chi connectivity index (χ2n) is 11.9. The summed E-state index contributed by atoms with van der Waals surface area (Å²) in [5.74, 6) is -0.441. The summed E-state index contributed by atoms with van der Waals surface area (Å²) in [5, 5.41) is 10.0. The maximum absolute atomic E-state index is 14.5. The fraction of sp³-hybridized carbons (Fsp3) is 0.400. The van der Waals surface area contributed by atoms with Gasteiger partial charge in [-0.15, -0.1) is 11.3 Å². The van der Waals surface area contributed by atoms with Gasteiger partial charge in [-0.05, 0) is 80.5 Å². The van der Waals surface area contributed by atoms with Crippen molar-refractivity contribution in [1.29, 1.82) is 0 Å². The quantitative estimate of drug-likeness (QED) is 0.178. The SMILES string of the molecule is Cn1ccc(S(=O)(=O)N(CC(F)(F)F)[C@H]2CCC3=Cc4c(cnn4-c4ccc(F)cc4)C[C@]3(C(=O)c3nc(C4CC4)cs3)C2)n1. The lowest BCUT2D eigenvalue weighted by Crippen LogP contribution is -2.52. The van der Waals surface area contributed by atoms with E-state index in [0.717, 1.165) is 18.5 Å². The van der Waals surface area contributed by atoms with Gasteiger partial charge in [0.25, 0.3) is 10.0 Å². The van der Waals surface area contributed by atoms with Crippen LogP contribution in [0.1, 0.15) is 64.8 Å². The molecule has 4 aromatic rings. The fourth-order valence-electron chi connectivity index (χ4n) is 6.52. The van der Waals surface area contributed by atoms with E-state index in [4.69, 9.17) is 0 Å². The van der Waals surface area contributed by atoms with E-state index in [0.29, 0.717) is 32.7 Å². The number of hydrogen-bond acceptors (Lipinski definition) is 7. The van der Waals surface area contributed by atoms with E-state index in [-0.39, 0.29) is 36.5 Å². The van der Waals surface area contributed by atoms with Crippen LogP contribution in [-0.4, -0.2) is 61.8 Å². The molecule has 15 heteroatoms. The molecule has 7 rings (SSSR count). The summed E-state index contributed by atoms with van der Waals surface area (Å²) < 4.78 is 86.3. The number of allylic oxidation sites excluding steroid dienone is 1. The van der Waals surface area contributed by atoms with Crippen LogP contribution in [0.4, 0.5) is 17.6 Å². The molecule has 3 aromatic heterocycles. The minimum Gasteiger partial charge on any atom is -0.290 e. The topological polar surface area (TPSA) is 103 Å². The summed E-state index contributed by atoms with van der Waals surface area (Å²) >= 11 is 1.21. The molecule has 236 valence electrons. The van der Waals surface area contributed by atoms with Crippen molar-refractivity contribution in [2.75, 3.05) is 6.54 Å². The number of halogens is 4. The van der Waals surface area contributed by atoms with Gasteiger partial charge in [0.15, 0.2) is 10.0 Å². The highest BCUT2D eigenvalue weighted by atomic mass is 32.2. The molecule has 2 saturated carbocycles. The number of carbonyl (C=O) groups excluding carboxylic acids is 1. The number of sulfonamides is 1. The van der Waals surface area contributed by atoms with Gasteiger partial charge in [-0.1, -0.05) is 5.57 Å². The van der Waals surface area contributed by atoms with Crippen LogP contribution in [-0.2, 0) is 23.5 Å². The van der Waals surface area contributed by atoms with Gasteiger partial charge in [0.1, 0.15) is 12.4 Å². The summed E-state index contributed by atoms with van der Waals surface area (Å²) in [4.78, 5) is 19.2. The van der Waals surface area contributed by atoms with Crippen LogP contribution < -0.4 is 0 Å². The minimum absolute atomic E-state index is 0.0637. The molecule has 0 saturated heterocycles. The number of nitrogens with zero attached hydrogens (tertiary/aromatic N) is 6. The Morgan fingerprint density at radius 2 is 1.91 bits per heavy atom. The number of aryl methyl sites for hydroxylation is 1. The van der Waals surface area contributed by atoms with Crippen molar-refractivity contribution in [2.24, 2.45) is 12.5 Å². The van der Waals surface area contributed by atoms with E-state index in [1.165, 1.54) is 47.5 Å². The summed E-state index contributed by atoms with van der Waals surface area (Å²) in [6.45, 7) is -1.71. The molecule has 2 atom stereocenters. The van der Waals surface area contributed by atoms with Crippen molar-refractivity contribution in [3.8, 4) is 5.69 Å². The first-order valence-electron chi connectivity index (χ1n) is 14.5. The van der Waals surface area contributed by atoms with Gasteiger partial charge in [-0.2, -0.15) is 27.7 Å². The Kier molecular flexibility index (Phi) is 7.13. The molecule has 3 heterocycles. The van der Waals surface area contributed by atoms with Crippen molar-refractivity contribution in [1.82, 2.24) is 28.9 Å². The smallest absolute Gasteiger partial charge is 0.290 e. The first-order valence-corrected chi connectivity index (χ1v) is 16.8. The van der Waals surface area contributed by atoms with Crippen LogP contribution in [0.3, 0.4) is 0 Å². The van der Waals surface area contributed by atoms with E-state index >= 15 is 0 Å². The zero-order chi connectivity index (χ0) is 31.7. The van der Waals surface area contributed by atoms with Crippen LogP contribution in [0.5, 0.6) is 0 Å². The Morgan fingerprint density at radius 3 is 2.58 bits per heavy atom. The number of thiazole rings is 1. The zero-order valence-electron chi connectivity index (χ0n) is 24.0. The number of hydrogen-bond donors (Lipinski definition) is 0. The van der Waals surface area contributed by atoms with E-state index < -0.39 is 45.0 Å². The third kappa shape index (κ3) is 5.44. The summed E-state index contributed by atoms with van der Waals surface area (Å²) in [5.41, 5.74) is 2.14. The van der Waals surface area contributed by atoms with E-state index in [9.17, 15) is 30.8 Å². The maximum Gasteiger partial charge on any atom is 0.402 e. The molecule has 1 aromatic carbocycles. The van der Waals surface area contributed by atoms with Crippen molar-refractivity contribution in [3.05, 3.63) is 81.5 Å². The molecular formula is C30H28F4N6O3S2. The van der Waals surface area contributed by atoms with Crippen LogP contribution in [0, 0.1) is 11.2 Å². The Hall–Kier alpha value is -3.69. The highest BCUT2D eigenvalue weighted by Crippen LogP contribution is 2.52. The molecule has 0 aliphatic heterocycles. The molecule has 3 aliphatic rings. The van der Waals surface area contributed by atoms with E-state index in [2.05, 4.69) is 15.2 Å². The number of rotatable bonds is 8. The zero-order valence-corrected chi connectivity index (χ0v) is 25.7. The highest BCUT2D eigenvalue weighted by Gasteiger charge is 2.53. The number of alkyl halides is 3. The number of benzene rings is 1.